The number of fused-ring (bicyclic) bond motifs is 3. The van der Waals surface area contributed by atoms with Crippen molar-refractivity contribution in [2.75, 3.05) is 11.1 Å². The van der Waals surface area contributed by atoms with Gasteiger partial charge in [0.25, 0.3) is 0 Å². The minimum Gasteiger partial charge on any atom is -0.394 e. The number of anilines is 2. The average Bonchev–Trinajstić information content (AvgIpc) is 2.82. The maximum Gasteiger partial charge on any atom is 0.204 e. The van der Waals surface area contributed by atoms with Crippen LogP contribution in [0.15, 0.2) is 24.3 Å². The third-order valence-corrected chi connectivity index (χ3v) is 2.88. The summed E-state index contributed by atoms with van der Waals surface area (Å²) < 4.78 is 1.67. The van der Waals surface area contributed by atoms with Gasteiger partial charge in [0.1, 0.15) is 5.69 Å². The molecule has 98 valence electrons. The highest BCUT2D eigenvalue weighted by molar-refractivity contribution is 6.02. The van der Waals surface area contributed by atoms with E-state index >= 15 is 0 Å². The molecule has 3 rings (SSSR count). The molecule has 0 aliphatic carbocycles. The summed E-state index contributed by atoms with van der Waals surface area (Å²) in [5.74, 6) is 0. The molecule has 0 spiro atoms. The summed E-state index contributed by atoms with van der Waals surface area (Å²) in [6.07, 6.45) is 0. The molecule has 0 bridgehead atoms. The highest BCUT2D eigenvalue weighted by atomic mass is 15.5. The summed E-state index contributed by atoms with van der Waals surface area (Å²) in [6.45, 7) is 6.27. The molecular weight excluding hydrogens is 240 g/mol. The highest BCUT2D eigenvalue weighted by Crippen LogP contribution is 2.33. The van der Waals surface area contributed by atoms with Gasteiger partial charge in [-0.2, -0.15) is 4.52 Å². The number of nitrogen functional groups attached to an aromatic ring is 1. The first-order valence-corrected chi connectivity index (χ1v) is 6.14. The van der Waals surface area contributed by atoms with Crippen LogP contribution in [-0.4, -0.2) is 25.6 Å². The van der Waals surface area contributed by atoms with Gasteiger partial charge in [0.2, 0.25) is 5.65 Å². The fourth-order valence-corrected chi connectivity index (χ4v) is 2.15. The number of nitrogens with zero attached hydrogens (tertiary/aromatic N) is 4. The first-order valence-electron chi connectivity index (χ1n) is 6.14. The lowest BCUT2D eigenvalue weighted by Gasteiger charge is -2.24. The minimum absolute atomic E-state index is 0.0946. The Labute approximate surface area is 110 Å². The summed E-state index contributed by atoms with van der Waals surface area (Å²) in [4.78, 5) is 0. The molecule has 6 heteroatoms. The van der Waals surface area contributed by atoms with Crippen molar-refractivity contribution in [3.05, 3.63) is 24.3 Å². The molecule has 0 aliphatic rings. The number of pyridine rings is 1. The van der Waals surface area contributed by atoms with Gasteiger partial charge in [0.05, 0.1) is 11.2 Å². The third kappa shape index (κ3) is 1.85. The lowest BCUT2D eigenvalue weighted by Crippen LogP contribution is -2.27. The maximum absolute atomic E-state index is 6.21. The monoisotopic (exact) mass is 256 g/mol. The molecule has 0 saturated carbocycles. The van der Waals surface area contributed by atoms with Crippen LogP contribution in [0.2, 0.25) is 0 Å². The number of tetrazole rings is 1. The van der Waals surface area contributed by atoms with Crippen LogP contribution in [0.5, 0.6) is 0 Å². The molecule has 1 aromatic carbocycles. The summed E-state index contributed by atoms with van der Waals surface area (Å²) in [5.41, 5.74) is 9.07. The highest BCUT2D eigenvalue weighted by Gasteiger charge is 2.18. The second-order valence-corrected chi connectivity index (χ2v) is 5.60. The van der Waals surface area contributed by atoms with E-state index in [9.17, 15) is 0 Å². The van der Waals surface area contributed by atoms with Crippen molar-refractivity contribution in [3.63, 3.8) is 0 Å². The van der Waals surface area contributed by atoms with Crippen molar-refractivity contribution in [2.24, 2.45) is 0 Å². The predicted molar refractivity (Wildman–Crippen MR) is 76.1 cm³/mol. The van der Waals surface area contributed by atoms with Crippen LogP contribution in [0.1, 0.15) is 20.8 Å². The average molecular weight is 256 g/mol. The number of aromatic nitrogens is 4. The molecule has 2 aromatic heterocycles. The zero-order chi connectivity index (χ0) is 13.6. The smallest absolute Gasteiger partial charge is 0.204 e. The Balaban J connectivity index is 2.42. The van der Waals surface area contributed by atoms with Gasteiger partial charge in [-0.25, -0.2) is 0 Å². The number of hydrogen-bond acceptors (Lipinski definition) is 5. The van der Waals surface area contributed by atoms with E-state index in [0.29, 0.717) is 11.3 Å². The molecule has 0 amide bonds. The van der Waals surface area contributed by atoms with Crippen molar-refractivity contribution >= 4 is 27.9 Å². The Morgan fingerprint density at radius 2 is 1.95 bits per heavy atom. The molecule has 3 aromatic rings. The number of nitrogens with one attached hydrogen (secondary N) is 1. The molecule has 3 N–H and O–H groups in total. The number of para-hydroxylation sites is 1. The molecule has 0 saturated heterocycles. The van der Waals surface area contributed by atoms with Crippen LogP contribution in [0, 0.1) is 0 Å². The van der Waals surface area contributed by atoms with Crippen LogP contribution in [-0.2, 0) is 0 Å². The van der Waals surface area contributed by atoms with Gasteiger partial charge in [-0.3, -0.25) is 0 Å². The first-order chi connectivity index (χ1) is 8.97. The van der Waals surface area contributed by atoms with E-state index in [2.05, 4.69) is 41.6 Å². The summed E-state index contributed by atoms with van der Waals surface area (Å²) in [5, 5.41) is 16.1. The van der Waals surface area contributed by atoms with Gasteiger partial charge in [0.15, 0.2) is 0 Å². The third-order valence-electron chi connectivity index (χ3n) is 2.88. The molecule has 6 nitrogen and oxygen atoms in total. The van der Waals surface area contributed by atoms with Crippen molar-refractivity contribution in [1.82, 2.24) is 20.0 Å². The molecule has 0 atom stereocenters. The quantitative estimate of drug-likeness (QED) is 0.696. The van der Waals surface area contributed by atoms with Crippen LogP contribution < -0.4 is 11.1 Å². The second kappa shape index (κ2) is 3.81. The van der Waals surface area contributed by atoms with E-state index in [0.717, 1.165) is 16.6 Å². The van der Waals surface area contributed by atoms with E-state index in [1.807, 2.05) is 24.3 Å². The molecule has 2 heterocycles. The standard InChI is InChI=1S/C13H16N6/c1-13(2,3)15-11-8-6-4-5-7-9(8)19-12(10(11)14)16-17-18-19/h4-7,15H,14H2,1-3H3. The summed E-state index contributed by atoms with van der Waals surface area (Å²) >= 11 is 0. The molecule has 0 aliphatic heterocycles. The normalized spacial score (nSPS) is 12.2. The minimum atomic E-state index is -0.0946. The molecule has 19 heavy (non-hydrogen) atoms. The molecule has 0 unspecified atom stereocenters. The Hall–Kier alpha value is -2.37. The van der Waals surface area contributed by atoms with E-state index in [1.165, 1.54) is 0 Å². The number of nitrogens with two attached hydrogens (primary N) is 1. The topological polar surface area (TPSA) is 81.1 Å². The molecular formula is C13H16N6. The zero-order valence-corrected chi connectivity index (χ0v) is 11.2. The van der Waals surface area contributed by atoms with Crippen molar-refractivity contribution < 1.29 is 0 Å². The second-order valence-electron chi connectivity index (χ2n) is 5.60. The Morgan fingerprint density at radius 3 is 2.68 bits per heavy atom. The number of rotatable bonds is 1. The summed E-state index contributed by atoms with van der Waals surface area (Å²) in [7, 11) is 0. The van der Waals surface area contributed by atoms with Gasteiger partial charge >= 0.3 is 0 Å². The van der Waals surface area contributed by atoms with Crippen LogP contribution in [0.25, 0.3) is 16.6 Å². The summed E-state index contributed by atoms with van der Waals surface area (Å²) in [6, 6.07) is 7.93. The van der Waals surface area contributed by atoms with Crippen LogP contribution in [0.4, 0.5) is 11.4 Å². The first kappa shape index (κ1) is 11.7. The Morgan fingerprint density at radius 1 is 1.21 bits per heavy atom. The van der Waals surface area contributed by atoms with Crippen LogP contribution in [0.3, 0.4) is 0 Å². The van der Waals surface area contributed by atoms with Crippen molar-refractivity contribution in [2.45, 2.75) is 26.3 Å². The number of hydrogen-bond donors (Lipinski definition) is 2. The lowest BCUT2D eigenvalue weighted by atomic mass is 10.1. The van der Waals surface area contributed by atoms with E-state index in [-0.39, 0.29) is 5.54 Å². The van der Waals surface area contributed by atoms with Crippen molar-refractivity contribution in [3.8, 4) is 0 Å². The van der Waals surface area contributed by atoms with E-state index < -0.39 is 0 Å². The van der Waals surface area contributed by atoms with Gasteiger partial charge in [-0.15, -0.1) is 5.10 Å². The van der Waals surface area contributed by atoms with E-state index in [4.69, 9.17) is 5.73 Å². The van der Waals surface area contributed by atoms with E-state index in [1.54, 1.807) is 4.52 Å². The van der Waals surface area contributed by atoms with Gasteiger partial charge in [-0.05, 0) is 37.3 Å². The van der Waals surface area contributed by atoms with Gasteiger partial charge in [0, 0.05) is 10.9 Å². The maximum atomic E-state index is 6.21. The van der Waals surface area contributed by atoms with Crippen LogP contribution >= 0.6 is 0 Å². The Kier molecular flexibility index (Phi) is 2.35. The zero-order valence-electron chi connectivity index (χ0n) is 11.2. The van der Waals surface area contributed by atoms with Gasteiger partial charge in [-0.1, -0.05) is 18.2 Å². The predicted octanol–water partition coefficient (Wildman–Crippen LogP) is 2.07. The van der Waals surface area contributed by atoms with Crippen molar-refractivity contribution in [1.29, 1.82) is 0 Å². The SMILES string of the molecule is CC(C)(C)Nc1c(N)c2nnnn2c2ccccc12. The fraction of sp³-hybridized carbons (Fsp3) is 0.308. The number of benzene rings is 1. The molecule has 0 radical (unpaired) electrons. The Bertz CT molecular complexity index is 753. The van der Waals surface area contributed by atoms with Gasteiger partial charge < -0.3 is 11.1 Å². The fourth-order valence-electron chi connectivity index (χ4n) is 2.15. The lowest BCUT2D eigenvalue weighted by molar-refractivity contribution is 0.635. The molecule has 0 fully saturated rings. The largest absolute Gasteiger partial charge is 0.394 e.